The van der Waals surface area contributed by atoms with Crippen molar-refractivity contribution >= 4 is 29.1 Å². The van der Waals surface area contributed by atoms with Crippen LogP contribution in [0.5, 0.6) is 11.5 Å². The van der Waals surface area contributed by atoms with Gasteiger partial charge in [-0.1, -0.05) is 11.6 Å². The molecule has 1 N–H and O–H groups in total. The van der Waals surface area contributed by atoms with Crippen molar-refractivity contribution < 1.29 is 14.3 Å². The number of methoxy groups -OCH3 is 2. The molecule has 1 fully saturated rings. The Bertz CT molecular complexity index is 838. The van der Waals surface area contributed by atoms with E-state index >= 15 is 0 Å². The summed E-state index contributed by atoms with van der Waals surface area (Å²) in [4.78, 5) is 23.4. The number of piperidine rings is 1. The second-order valence-corrected chi connectivity index (χ2v) is 6.79. The summed E-state index contributed by atoms with van der Waals surface area (Å²) in [6.07, 6.45) is 3.23. The first-order chi connectivity index (χ1) is 13.0. The molecule has 0 unspecified atom stereocenters. The first-order valence-electron chi connectivity index (χ1n) is 8.85. The summed E-state index contributed by atoms with van der Waals surface area (Å²) in [5, 5.41) is 3.54. The standard InChI is InChI=1S/C19H23ClN4O3/c1-12-9-15(18(25)24-7-5-4-6-8-24)23-19(21-12)22-14-11-16(26-2)13(20)10-17(14)27-3/h9-11H,4-8H2,1-3H3,(H,21,22,23). The lowest BCUT2D eigenvalue weighted by molar-refractivity contribution is 0.0718. The summed E-state index contributed by atoms with van der Waals surface area (Å²) >= 11 is 6.15. The fraction of sp³-hybridized carbons (Fsp3) is 0.421. The van der Waals surface area contributed by atoms with Gasteiger partial charge in [-0.15, -0.1) is 0 Å². The molecule has 3 rings (SSSR count). The zero-order valence-electron chi connectivity index (χ0n) is 15.7. The summed E-state index contributed by atoms with van der Waals surface area (Å²) in [6, 6.07) is 5.07. The lowest BCUT2D eigenvalue weighted by atomic mass is 10.1. The van der Waals surface area contributed by atoms with Crippen LogP contribution in [0.15, 0.2) is 18.2 Å². The first-order valence-corrected chi connectivity index (χ1v) is 9.23. The van der Waals surface area contributed by atoms with Crippen LogP contribution < -0.4 is 14.8 Å². The van der Waals surface area contributed by atoms with Crippen LogP contribution in [0.3, 0.4) is 0 Å². The number of ether oxygens (including phenoxy) is 2. The molecule has 0 atom stereocenters. The van der Waals surface area contributed by atoms with Crippen molar-refractivity contribution in [2.75, 3.05) is 32.6 Å². The van der Waals surface area contributed by atoms with Gasteiger partial charge < -0.3 is 19.7 Å². The number of nitrogens with zero attached hydrogens (tertiary/aromatic N) is 3. The molecule has 1 aromatic carbocycles. The minimum atomic E-state index is -0.0658. The molecule has 0 saturated carbocycles. The minimum Gasteiger partial charge on any atom is -0.495 e. The number of anilines is 2. The molecule has 2 aromatic rings. The molecule has 0 bridgehead atoms. The first kappa shape index (κ1) is 19.2. The maximum absolute atomic E-state index is 12.8. The van der Waals surface area contributed by atoms with Crippen LogP contribution >= 0.6 is 11.6 Å². The predicted molar refractivity (Wildman–Crippen MR) is 104 cm³/mol. The number of hydrogen-bond donors (Lipinski definition) is 1. The minimum absolute atomic E-state index is 0.0658. The number of hydrogen-bond acceptors (Lipinski definition) is 6. The third-order valence-electron chi connectivity index (χ3n) is 4.44. The van der Waals surface area contributed by atoms with Gasteiger partial charge in [0, 0.05) is 30.9 Å². The van der Waals surface area contributed by atoms with E-state index in [0.29, 0.717) is 39.5 Å². The molecule has 0 spiro atoms. The molecule has 8 heteroatoms. The number of nitrogens with one attached hydrogen (secondary N) is 1. The summed E-state index contributed by atoms with van der Waals surface area (Å²) in [6.45, 7) is 3.37. The Morgan fingerprint density at radius 1 is 1.07 bits per heavy atom. The lowest BCUT2D eigenvalue weighted by Gasteiger charge is -2.26. The highest BCUT2D eigenvalue weighted by Gasteiger charge is 2.21. The van der Waals surface area contributed by atoms with E-state index < -0.39 is 0 Å². The predicted octanol–water partition coefficient (Wildman–Crippen LogP) is 3.83. The monoisotopic (exact) mass is 390 g/mol. The number of aromatic nitrogens is 2. The zero-order valence-corrected chi connectivity index (χ0v) is 16.5. The Kier molecular flexibility index (Phi) is 6.01. The summed E-state index contributed by atoms with van der Waals surface area (Å²) in [5.74, 6) is 1.27. The molecular formula is C19H23ClN4O3. The van der Waals surface area contributed by atoms with Crippen LogP contribution in [0.4, 0.5) is 11.6 Å². The molecule has 1 aliphatic heterocycles. The van der Waals surface area contributed by atoms with Crippen LogP contribution in [0.1, 0.15) is 35.4 Å². The van der Waals surface area contributed by atoms with Gasteiger partial charge in [0.1, 0.15) is 17.2 Å². The number of halogens is 1. The molecule has 7 nitrogen and oxygen atoms in total. The van der Waals surface area contributed by atoms with Gasteiger partial charge in [-0.3, -0.25) is 4.79 Å². The quantitative estimate of drug-likeness (QED) is 0.836. The van der Waals surface area contributed by atoms with E-state index in [9.17, 15) is 4.79 Å². The molecule has 1 aliphatic rings. The van der Waals surface area contributed by atoms with Gasteiger partial charge in [0.2, 0.25) is 5.95 Å². The Labute approximate surface area is 163 Å². The fourth-order valence-corrected chi connectivity index (χ4v) is 3.30. The number of amides is 1. The van der Waals surface area contributed by atoms with Crippen molar-refractivity contribution in [3.05, 3.63) is 34.6 Å². The van der Waals surface area contributed by atoms with Crippen molar-refractivity contribution in [2.24, 2.45) is 0 Å². The van der Waals surface area contributed by atoms with Crippen molar-refractivity contribution in [1.82, 2.24) is 14.9 Å². The molecule has 0 radical (unpaired) electrons. The summed E-state index contributed by atoms with van der Waals surface area (Å²) < 4.78 is 10.6. The molecule has 144 valence electrons. The van der Waals surface area contributed by atoms with E-state index in [1.807, 2.05) is 11.8 Å². The van der Waals surface area contributed by atoms with E-state index in [4.69, 9.17) is 21.1 Å². The zero-order chi connectivity index (χ0) is 19.4. The Hall–Kier alpha value is -2.54. The third-order valence-corrected chi connectivity index (χ3v) is 4.73. The van der Waals surface area contributed by atoms with Gasteiger partial charge >= 0.3 is 0 Å². The second kappa shape index (κ2) is 8.43. The van der Waals surface area contributed by atoms with E-state index in [1.165, 1.54) is 7.11 Å². The van der Waals surface area contributed by atoms with E-state index in [1.54, 1.807) is 25.3 Å². The maximum Gasteiger partial charge on any atom is 0.272 e. The number of rotatable bonds is 5. The number of carbonyl (C=O) groups is 1. The van der Waals surface area contributed by atoms with Gasteiger partial charge in [0.25, 0.3) is 5.91 Å². The normalized spacial score (nSPS) is 14.0. The number of benzene rings is 1. The molecule has 1 amide bonds. The van der Waals surface area contributed by atoms with Gasteiger partial charge in [0.05, 0.1) is 24.9 Å². The molecule has 1 aromatic heterocycles. The van der Waals surface area contributed by atoms with Crippen molar-refractivity contribution in [3.8, 4) is 11.5 Å². The van der Waals surface area contributed by atoms with Crippen LogP contribution in [0.2, 0.25) is 5.02 Å². The Morgan fingerprint density at radius 2 is 1.78 bits per heavy atom. The van der Waals surface area contributed by atoms with Crippen LogP contribution in [-0.2, 0) is 0 Å². The smallest absolute Gasteiger partial charge is 0.272 e. The molecule has 2 heterocycles. The van der Waals surface area contributed by atoms with Gasteiger partial charge in [0.15, 0.2) is 0 Å². The average molecular weight is 391 g/mol. The SMILES string of the molecule is COc1cc(Nc2nc(C)cc(C(=O)N3CCCCC3)n2)c(OC)cc1Cl. The van der Waals surface area contributed by atoms with Crippen molar-refractivity contribution in [3.63, 3.8) is 0 Å². The van der Waals surface area contributed by atoms with Crippen LogP contribution in [0.25, 0.3) is 0 Å². The van der Waals surface area contributed by atoms with E-state index in [0.717, 1.165) is 32.4 Å². The lowest BCUT2D eigenvalue weighted by Crippen LogP contribution is -2.36. The van der Waals surface area contributed by atoms with Crippen molar-refractivity contribution in [1.29, 1.82) is 0 Å². The third kappa shape index (κ3) is 4.42. The molecule has 0 aliphatic carbocycles. The molecular weight excluding hydrogens is 368 g/mol. The number of likely N-dealkylation sites (tertiary alicyclic amines) is 1. The van der Waals surface area contributed by atoms with Gasteiger partial charge in [-0.25, -0.2) is 9.97 Å². The van der Waals surface area contributed by atoms with Crippen LogP contribution in [-0.4, -0.2) is 48.1 Å². The van der Waals surface area contributed by atoms with Crippen molar-refractivity contribution in [2.45, 2.75) is 26.2 Å². The Balaban J connectivity index is 1.89. The summed E-state index contributed by atoms with van der Waals surface area (Å²) in [5.41, 5.74) is 1.68. The van der Waals surface area contributed by atoms with Gasteiger partial charge in [-0.05, 0) is 32.3 Å². The highest BCUT2D eigenvalue weighted by Crippen LogP contribution is 2.36. The second-order valence-electron chi connectivity index (χ2n) is 6.38. The maximum atomic E-state index is 12.8. The highest BCUT2D eigenvalue weighted by atomic mass is 35.5. The molecule has 1 saturated heterocycles. The summed E-state index contributed by atoms with van der Waals surface area (Å²) in [7, 11) is 3.09. The fourth-order valence-electron chi connectivity index (χ4n) is 3.07. The highest BCUT2D eigenvalue weighted by molar-refractivity contribution is 6.32. The van der Waals surface area contributed by atoms with Crippen LogP contribution in [0, 0.1) is 6.92 Å². The molecule has 27 heavy (non-hydrogen) atoms. The number of carbonyl (C=O) groups excluding carboxylic acids is 1. The van der Waals surface area contributed by atoms with E-state index in [-0.39, 0.29) is 5.91 Å². The average Bonchev–Trinajstić information content (AvgIpc) is 2.68. The van der Waals surface area contributed by atoms with E-state index in [2.05, 4.69) is 15.3 Å². The Morgan fingerprint density at radius 3 is 2.44 bits per heavy atom. The number of aryl methyl sites for hydroxylation is 1. The topological polar surface area (TPSA) is 76.6 Å². The largest absolute Gasteiger partial charge is 0.495 e. The van der Waals surface area contributed by atoms with Gasteiger partial charge in [-0.2, -0.15) is 0 Å².